The van der Waals surface area contributed by atoms with Crippen LogP contribution in [0.15, 0.2) is 48.7 Å². The number of hydrogen-bond acceptors (Lipinski definition) is 5. The number of anilines is 1. The van der Waals surface area contributed by atoms with Crippen molar-refractivity contribution in [2.45, 2.75) is 26.3 Å². The standard InChI is InChI=1S/C22H22F3N3O4/c1-14-12-26-28(13-16-6-9-18(30-2)19(10-16)31-3)21(14)27-20(29)11-15-4-7-17(8-5-15)32-22(23,24)25/h4-10,12H,11,13H2,1-3H3,(H,27,29). The highest BCUT2D eigenvalue weighted by Gasteiger charge is 2.31. The number of halogens is 3. The summed E-state index contributed by atoms with van der Waals surface area (Å²) >= 11 is 0. The van der Waals surface area contributed by atoms with E-state index in [1.54, 1.807) is 31.2 Å². The lowest BCUT2D eigenvalue weighted by atomic mass is 10.1. The van der Waals surface area contributed by atoms with Crippen molar-refractivity contribution in [1.82, 2.24) is 9.78 Å². The first-order chi connectivity index (χ1) is 15.2. The number of methoxy groups -OCH3 is 2. The Morgan fingerprint density at radius 1 is 1.03 bits per heavy atom. The van der Waals surface area contributed by atoms with Gasteiger partial charge in [-0.1, -0.05) is 18.2 Å². The van der Waals surface area contributed by atoms with Gasteiger partial charge in [-0.2, -0.15) is 5.10 Å². The van der Waals surface area contributed by atoms with Crippen LogP contribution in [0.3, 0.4) is 0 Å². The Morgan fingerprint density at radius 3 is 2.31 bits per heavy atom. The third-order valence-electron chi connectivity index (χ3n) is 4.58. The number of alkyl halides is 3. The van der Waals surface area contributed by atoms with Crippen molar-refractivity contribution in [3.05, 3.63) is 65.4 Å². The monoisotopic (exact) mass is 449 g/mol. The molecule has 1 heterocycles. The van der Waals surface area contributed by atoms with Gasteiger partial charge in [-0.25, -0.2) is 4.68 Å². The van der Waals surface area contributed by atoms with Crippen LogP contribution in [0.2, 0.25) is 0 Å². The first-order valence-corrected chi connectivity index (χ1v) is 9.56. The molecule has 0 bridgehead atoms. The summed E-state index contributed by atoms with van der Waals surface area (Å²) in [5.74, 6) is 1.05. The minimum atomic E-state index is -4.76. The van der Waals surface area contributed by atoms with E-state index in [0.29, 0.717) is 29.4 Å². The number of aryl methyl sites for hydroxylation is 1. The number of amides is 1. The van der Waals surface area contributed by atoms with Crippen LogP contribution >= 0.6 is 0 Å². The Hall–Kier alpha value is -3.69. The summed E-state index contributed by atoms with van der Waals surface area (Å²) < 4.78 is 52.9. The molecule has 1 aromatic heterocycles. The topological polar surface area (TPSA) is 74.6 Å². The number of aromatic nitrogens is 2. The van der Waals surface area contributed by atoms with Crippen LogP contribution in [0.4, 0.5) is 19.0 Å². The Labute approximate surface area is 182 Å². The van der Waals surface area contributed by atoms with Gasteiger partial charge in [-0.15, -0.1) is 13.2 Å². The van der Waals surface area contributed by atoms with E-state index in [1.165, 1.54) is 24.3 Å². The van der Waals surface area contributed by atoms with E-state index in [9.17, 15) is 18.0 Å². The van der Waals surface area contributed by atoms with Gasteiger partial charge < -0.3 is 19.5 Å². The summed E-state index contributed by atoms with van der Waals surface area (Å²) in [5, 5.41) is 7.15. The molecule has 1 N–H and O–H groups in total. The second kappa shape index (κ2) is 9.63. The fourth-order valence-electron chi connectivity index (χ4n) is 3.08. The molecule has 0 radical (unpaired) electrons. The molecule has 0 unspecified atom stereocenters. The Morgan fingerprint density at radius 2 is 1.69 bits per heavy atom. The van der Waals surface area contributed by atoms with Crippen LogP contribution in [0.25, 0.3) is 0 Å². The molecule has 7 nitrogen and oxygen atoms in total. The van der Waals surface area contributed by atoms with E-state index in [4.69, 9.17) is 9.47 Å². The summed E-state index contributed by atoms with van der Waals surface area (Å²) in [6.45, 7) is 2.20. The van der Waals surface area contributed by atoms with Crippen LogP contribution in [0.5, 0.6) is 17.2 Å². The zero-order valence-corrected chi connectivity index (χ0v) is 17.7. The average molecular weight is 449 g/mol. The molecule has 0 aliphatic heterocycles. The van der Waals surface area contributed by atoms with Gasteiger partial charge in [0.25, 0.3) is 0 Å². The van der Waals surface area contributed by atoms with Crippen molar-refractivity contribution >= 4 is 11.7 Å². The van der Waals surface area contributed by atoms with Gasteiger partial charge in [-0.3, -0.25) is 4.79 Å². The second-order valence-electron chi connectivity index (χ2n) is 6.94. The molecule has 2 aromatic carbocycles. The Bertz CT molecular complexity index is 1080. The fourth-order valence-corrected chi connectivity index (χ4v) is 3.08. The number of rotatable bonds is 8. The summed E-state index contributed by atoms with van der Waals surface area (Å²) in [6, 6.07) is 10.6. The molecule has 0 atom stereocenters. The van der Waals surface area contributed by atoms with Gasteiger partial charge >= 0.3 is 6.36 Å². The molecule has 10 heteroatoms. The number of hydrogen-bond donors (Lipinski definition) is 1. The van der Waals surface area contributed by atoms with E-state index in [-0.39, 0.29) is 18.1 Å². The second-order valence-corrected chi connectivity index (χ2v) is 6.94. The summed E-state index contributed by atoms with van der Waals surface area (Å²) in [7, 11) is 3.10. The quantitative estimate of drug-likeness (QED) is 0.554. The van der Waals surface area contributed by atoms with Gasteiger partial charge in [0.05, 0.1) is 33.4 Å². The zero-order chi connectivity index (χ0) is 23.3. The molecule has 32 heavy (non-hydrogen) atoms. The van der Waals surface area contributed by atoms with Crippen LogP contribution < -0.4 is 19.5 Å². The summed E-state index contributed by atoms with van der Waals surface area (Å²) in [5.41, 5.74) is 2.20. The van der Waals surface area contributed by atoms with Crippen LogP contribution in [0.1, 0.15) is 16.7 Å². The molecule has 3 rings (SSSR count). The lowest BCUT2D eigenvalue weighted by molar-refractivity contribution is -0.274. The highest BCUT2D eigenvalue weighted by Crippen LogP contribution is 2.28. The van der Waals surface area contributed by atoms with E-state index in [0.717, 1.165) is 11.1 Å². The van der Waals surface area contributed by atoms with Gasteiger partial charge in [0.15, 0.2) is 11.5 Å². The van der Waals surface area contributed by atoms with E-state index >= 15 is 0 Å². The van der Waals surface area contributed by atoms with Crippen molar-refractivity contribution in [3.8, 4) is 17.2 Å². The predicted molar refractivity (Wildman–Crippen MR) is 111 cm³/mol. The van der Waals surface area contributed by atoms with Crippen molar-refractivity contribution < 1.29 is 32.2 Å². The molecule has 0 saturated carbocycles. The molecule has 1 amide bonds. The van der Waals surface area contributed by atoms with Gasteiger partial charge in [0.1, 0.15) is 11.6 Å². The first kappa shape index (κ1) is 23.0. The zero-order valence-electron chi connectivity index (χ0n) is 17.7. The number of ether oxygens (including phenoxy) is 3. The maximum Gasteiger partial charge on any atom is 0.573 e. The maximum absolute atomic E-state index is 12.5. The fraction of sp³-hybridized carbons (Fsp3) is 0.273. The third-order valence-corrected chi connectivity index (χ3v) is 4.58. The molecule has 3 aromatic rings. The Balaban J connectivity index is 1.68. The lowest BCUT2D eigenvalue weighted by Crippen LogP contribution is -2.19. The summed E-state index contributed by atoms with van der Waals surface area (Å²) in [4.78, 5) is 12.5. The van der Waals surface area contributed by atoms with E-state index in [2.05, 4.69) is 15.2 Å². The number of carbonyl (C=O) groups is 1. The smallest absolute Gasteiger partial charge is 0.493 e. The molecule has 0 fully saturated rings. The molecule has 0 aliphatic rings. The molecule has 0 saturated heterocycles. The van der Waals surface area contributed by atoms with Crippen LogP contribution in [0, 0.1) is 6.92 Å². The van der Waals surface area contributed by atoms with Crippen LogP contribution in [-0.4, -0.2) is 36.3 Å². The molecule has 0 aliphatic carbocycles. The SMILES string of the molecule is COc1ccc(Cn2ncc(C)c2NC(=O)Cc2ccc(OC(F)(F)F)cc2)cc1OC. The van der Waals surface area contributed by atoms with E-state index in [1.807, 2.05) is 19.1 Å². The van der Waals surface area contributed by atoms with Crippen LogP contribution in [-0.2, 0) is 17.8 Å². The van der Waals surface area contributed by atoms with Crippen molar-refractivity contribution in [2.24, 2.45) is 0 Å². The minimum Gasteiger partial charge on any atom is -0.493 e. The predicted octanol–water partition coefficient (Wildman–Crippen LogP) is 4.34. The summed E-state index contributed by atoms with van der Waals surface area (Å²) in [6.07, 6.45) is -3.14. The normalized spacial score (nSPS) is 11.2. The van der Waals surface area contributed by atoms with Gasteiger partial charge in [0.2, 0.25) is 5.91 Å². The number of carbonyl (C=O) groups excluding carboxylic acids is 1. The molecular formula is C22H22F3N3O4. The van der Waals surface area contributed by atoms with E-state index < -0.39 is 6.36 Å². The van der Waals surface area contributed by atoms with Gasteiger partial charge in [0, 0.05) is 5.56 Å². The highest BCUT2D eigenvalue weighted by molar-refractivity contribution is 5.92. The van der Waals surface area contributed by atoms with Crippen molar-refractivity contribution in [2.75, 3.05) is 19.5 Å². The molecule has 0 spiro atoms. The van der Waals surface area contributed by atoms with Crippen molar-refractivity contribution in [3.63, 3.8) is 0 Å². The largest absolute Gasteiger partial charge is 0.573 e. The third kappa shape index (κ3) is 5.93. The Kier molecular flexibility index (Phi) is 6.92. The van der Waals surface area contributed by atoms with Crippen molar-refractivity contribution in [1.29, 1.82) is 0 Å². The number of nitrogens with zero attached hydrogens (tertiary/aromatic N) is 2. The average Bonchev–Trinajstić information content (AvgIpc) is 3.07. The molecular weight excluding hydrogens is 427 g/mol. The minimum absolute atomic E-state index is 0.0206. The highest BCUT2D eigenvalue weighted by atomic mass is 19.4. The number of benzene rings is 2. The maximum atomic E-state index is 12.5. The first-order valence-electron chi connectivity index (χ1n) is 9.56. The lowest BCUT2D eigenvalue weighted by Gasteiger charge is -2.13. The van der Waals surface area contributed by atoms with Gasteiger partial charge in [-0.05, 0) is 42.3 Å². The molecule has 170 valence electrons. The number of nitrogens with one attached hydrogen (secondary N) is 1.